The molecule has 0 atom stereocenters. The van der Waals surface area contributed by atoms with E-state index < -0.39 is 0 Å². The maximum atomic E-state index is 3.62. The SMILES string of the molecule is CC(C)NCC1(Cc2ccc(I)cc2)CCC1. The zero-order chi connectivity index (χ0) is 12.3. The lowest BCUT2D eigenvalue weighted by molar-refractivity contribution is 0.127. The topological polar surface area (TPSA) is 12.0 Å². The van der Waals surface area contributed by atoms with Crippen molar-refractivity contribution in [2.24, 2.45) is 5.41 Å². The summed E-state index contributed by atoms with van der Waals surface area (Å²) in [6.45, 7) is 5.64. The molecular formula is C15H22IN. The van der Waals surface area contributed by atoms with Gasteiger partial charge in [0.2, 0.25) is 0 Å². The van der Waals surface area contributed by atoms with E-state index in [1.165, 1.54) is 41.4 Å². The van der Waals surface area contributed by atoms with Gasteiger partial charge in [0.05, 0.1) is 0 Å². The van der Waals surface area contributed by atoms with Crippen molar-refractivity contribution in [2.45, 2.75) is 45.6 Å². The minimum absolute atomic E-state index is 0.539. The molecule has 1 aliphatic rings. The van der Waals surface area contributed by atoms with Crippen molar-refractivity contribution in [3.05, 3.63) is 33.4 Å². The van der Waals surface area contributed by atoms with Crippen molar-refractivity contribution in [2.75, 3.05) is 6.54 Å². The molecule has 0 radical (unpaired) electrons. The van der Waals surface area contributed by atoms with Crippen LogP contribution >= 0.6 is 22.6 Å². The molecule has 0 heterocycles. The molecule has 1 aromatic rings. The van der Waals surface area contributed by atoms with Crippen LogP contribution < -0.4 is 5.32 Å². The van der Waals surface area contributed by atoms with Crippen LogP contribution in [-0.2, 0) is 6.42 Å². The smallest absolute Gasteiger partial charge is 0.0130 e. The average Bonchev–Trinajstić information content (AvgIpc) is 2.24. The first kappa shape index (κ1) is 13.3. The summed E-state index contributed by atoms with van der Waals surface area (Å²) in [5, 5.41) is 3.62. The van der Waals surface area contributed by atoms with E-state index in [0.717, 1.165) is 0 Å². The highest BCUT2D eigenvalue weighted by Crippen LogP contribution is 2.43. The number of rotatable bonds is 5. The number of hydrogen-bond donors (Lipinski definition) is 1. The van der Waals surface area contributed by atoms with Gasteiger partial charge in [-0.25, -0.2) is 0 Å². The summed E-state index contributed by atoms with van der Waals surface area (Å²) in [6, 6.07) is 9.62. The summed E-state index contributed by atoms with van der Waals surface area (Å²) in [5.41, 5.74) is 2.03. The van der Waals surface area contributed by atoms with Gasteiger partial charge in [-0.1, -0.05) is 32.4 Å². The molecule has 1 aromatic carbocycles. The van der Waals surface area contributed by atoms with Crippen molar-refractivity contribution in [1.82, 2.24) is 5.32 Å². The molecule has 0 bridgehead atoms. The van der Waals surface area contributed by atoms with Crippen LogP contribution in [0, 0.1) is 8.99 Å². The Labute approximate surface area is 119 Å². The van der Waals surface area contributed by atoms with Crippen molar-refractivity contribution in [3.63, 3.8) is 0 Å². The number of nitrogens with one attached hydrogen (secondary N) is 1. The van der Waals surface area contributed by atoms with E-state index in [9.17, 15) is 0 Å². The molecule has 2 rings (SSSR count). The first-order valence-corrected chi connectivity index (χ1v) is 7.65. The van der Waals surface area contributed by atoms with Crippen LogP contribution in [0.2, 0.25) is 0 Å². The lowest BCUT2D eigenvalue weighted by Gasteiger charge is -2.43. The number of hydrogen-bond acceptors (Lipinski definition) is 1. The highest BCUT2D eigenvalue weighted by molar-refractivity contribution is 14.1. The third-order valence-corrected chi connectivity index (χ3v) is 4.51. The summed E-state index contributed by atoms with van der Waals surface area (Å²) in [4.78, 5) is 0. The predicted molar refractivity (Wildman–Crippen MR) is 82.3 cm³/mol. The molecule has 0 unspecified atom stereocenters. The Hall–Kier alpha value is -0.0900. The molecule has 0 amide bonds. The molecule has 0 spiro atoms. The Morgan fingerprint density at radius 3 is 2.35 bits per heavy atom. The van der Waals surface area contributed by atoms with Gasteiger partial charge in [0.1, 0.15) is 0 Å². The maximum Gasteiger partial charge on any atom is 0.0130 e. The fraction of sp³-hybridized carbons (Fsp3) is 0.600. The van der Waals surface area contributed by atoms with E-state index in [2.05, 4.69) is 66.0 Å². The van der Waals surface area contributed by atoms with E-state index >= 15 is 0 Å². The minimum Gasteiger partial charge on any atom is -0.314 e. The maximum absolute atomic E-state index is 3.62. The molecule has 1 saturated carbocycles. The van der Waals surface area contributed by atoms with Crippen LogP contribution in [0.1, 0.15) is 38.7 Å². The summed E-state index contributed by atoms with van der Waals surface area (Å²) < 4.78 is 1.33. The molecule has 1 aliphatic carbocycles. The number of benzene rings is 1. The average molecular weight is 343 g/mol. The predicted octanol–water partition coefficient (Wildman–Crippen LogP) is 4.00. The van der Waals surface area contributed by atoms with Gasteiger partial charge in [0, 0.05) is 16.2 Å². The highest BCUT2D eigenvalue weighted by Gasteiger charge is 2.36. The van der Waals surface area contributed by atoms with Gasteiger partial charge in [-0.05, 0) is 65.0 Å². The molecule has 94 valence electrons. The van der Waals surface area contributed by atoms with Crippen molar-refractivity contribution in [1.29, 1.82) is 0 Å². The van der Waals surface area contributed by atoms with Crippen molar-refractivity contribution >= 4 is 22.6 Å². The molecule has 1 fully saturated rings. The van der Waals surface area contributed by atoms with Gasteiger partial charge >= 0.3 is 0 Å². The molecule has 1 nitrogen and oxygen atoms in total. The molecule has 1 N–H and O–H groups in total. The zero-order valence-corrected chi connectivity index (χ0v) is 13.0. The van der Waals surface area contributed by atoms with Gasteiger partial charge < -0.3 is 5.32 Å². The van der Waals surface area contributed by atoms with E-state index in [4.69, 9.17) is 0 Å². The van der Waals surface area contributed by atoms with Gasteiger partial charge in [-0.3, -0.25) is 0 Å². The third-order valence-electron chi connectivity index (χ3n) is 3.79. The summed E-state index contributed by atoms with van der Waals surface area (Å²) in [6.07, 6.45) is 5.42. The Bertz CT molecular complexity index is 352. The van der Waals surface area contributed by atoms with Gasteiger partial charge in [-0.2, -0.15) is 0 Å². The highest BCUT2D eigenvalue weighted by atomic mass is 127. The number of halogens is 1. The second-order valence-electron chi connectivity index (χ2n) is 5.69. The Balaban J connectivity index is 1.96. The third kappa shape index (κ3) is 3.68. The van der Waals surface area contributed by atoms with E-state index in [1.807, 2.05) is 0 Å². The van der Waals surface area contributed by atoms with Crippen LogP contribution in [0.25, 0.3) is 0 Å². The lowest BCUT2D eigenvalue weighted by atomic mass is 9.65. The first-order valence-electron chi connectivity index (χ1n) is 6.58. The van der Waals surface area contributed by atoms with E-state index in [-0.39, 0.29) is 0 Å². The van der Waals surface area contributed by atoms with E-state index in [0.29, 0.717) is 11.5 Å². The van der Waals surface area contributed by atoms with Crippen molar-refractivity contribution < 1.29 is 0 Å². The second kappa shape index (κ2) is 5.70. The standard InChI is InChI=1S/C15H22IN/c1-12(2)17-11-15(8-3-9-15)10-13-4-6-14(16)7-5-13/h4-7,12,17H,3,8-11H2,1-2H3. The molecule has 17 heavy (non-hydrogen) atoms. The normalized spacial score (nSPS) is 18.1. The van der Waals surface area contributed by atoms with Gasteiger partial charge in [0.25, 0.3) is 0 Å². The molecule has 0 saturated heterocycles. The quantitative estimate of drug-likeness (QED) is 0.797. The first-order chi connectivity index (χ1) is 8.10. The lowest BCUT2D eigenvalue weighted by Crippen LogP contribution is -2.43. The van der Waals surface area contributed by atoms with Gasteiger partial charge in [0.15, 0.2) is 0 Å². The van der Waals surface area contributed by atoms with Gasteiger partial charge in [-0.15, -0.1) is 0 Å². The van der Waals surface area contributed by atoms with Crippen LogP contribution in [0.15, 0.2) is 24.3 Å². The Morgan fingerprint density at radius 2 is 1.88 bits per heavy atom. The largest absolute Gasteiger partial charge is 0.314 e. The summed E-state index contributed by atoms with van der Waals surface area (Å²) in [7, 11) is 0. The summed E-state index contributed by atoms with van der Waals surface area (Å²) >= 11 is 2.37. The molecule has 0 aliphatic heterocycles. The molecule has 2 heteroatoms. The fourth-order valence-electron chi connectivity index (χ4n) is 2.55. The van der Waals surface area contributed by atoms with Crippen molar-refractivity contribution in [3.8, 4) is 0 Å². The van der Waals surface area contributed by atoms with Crippen LogP contribution in [-0.4, -0.2) is 12.6 Å². The molecular weight excluding hydrogens is 321 g/mol. The zero-order valence-electron chi connectivity index (χ0n) is 10.8. The minimum atomic E-state index is 0.539. The van der Waals surface area contributed by atoms with Crippen LogP contribution in [0.3, 0.4) is 0 Å². The Morgan fingerprint density at radius 1 is 1.24 bits per heavy atom. The summed E-state index contributed by atoms with van der Waals surface area (Å²) in [5.74, 6) is 0. The van der Waals surface area contributed by atoms with E-state index in [1.54, 1.807) is 0 Å². The van der Waals surface area contributed by atoms with Crippen LogP contribution in [0.5, 0.6) is 0 Å². The van der Waals surface area contributed by atoms with Crippen LogP contribution in [0.4, 0.5) is 0 Å². The molecule has 0 aromatic heterocycles. The second-order valence-corrected chi connectivity index (χ2v) is 6.94. The Kier molecular flexibility index (Phi) is 4.47. The monoisotopic (exact) mass is 343 g/mol. The fourth-order valence-corrected chi connectivity index (χ4v) is 2.91.